The molecule has 0 unspecified atom stereocenters. The quantitative estimate of drug-likeness (QED) is 0.726. The first-order chi connectivity index (χ1) is 7.75. The lowest BCUT2D eigenvalue weighted by molar-refractivity contribution is -0.0180. The van der Waals surface area contributed by atoms with Crippen molar-refractivity contribution in [1.29, 1.82) is 0 Å². The fourth-order valence-corrected chi connectivity index (χ4v) is 2.81. The van der Waals surface area contributed by atoms with E-state index in [0.717, 1.165) is 28.8 Å². The number of rotatable bonds is 0. The fourth-order valence-electron chi connectivity index (χ4n) is 2.45. The average Bonchev–Trinajstić information content (AvgIpc) is 2.31. The molecule has 0 spiro atoms. The van der Waals surface area contributed by atoms with Crippen molar-refractivity contribution < 1.29 is 9.47 Å². The van der Waals surface area contributed by atoms with Crippen molar-refractivity contribution in [1.82, 2.24) is 0 Å². The highest BCUT2D eigenvalue weighted by Gasteiger charge is 2.35. The van der Waals surface area contributed by atoms with Crippen LogP contribution in [0.2, 0.25) is 0 Å². The molecule has 0 amide bonds. The number of ether oxygens (including phenoxy) is 2. The summed E-state index contributed by atoms with van der Waals surface area (Å²) >= 11 is 3.48. The molecular formula is C13H13BrO2. The first-order valence-electron chi connectivity index (χ1n) is 5.49. The van der Waals surface area contributed by atoms with Gasteiger partial charge in [-0.15, -0.1) is 0 Å². The van der Waals surface area contributed by atoms with E-state index in [2.05, 4.69) is 28.6 Å². The summed E-state index contributed by atoms with van der Waals surface area (Å²) in [6.45, 7) is 5.72. The van der Waals surface area contributed by atoms with E-state index in [0.29, 0.717) is 12.5 Å². The molecule has 3 rings (SSSR count). The standard InChI is InChI=1S/C13H13BrO2/c1-8-10-4-5-15-7-13(10)16-12-3-2-9(14)6-11(8)12/h2-3,6,10,13H,1,4-5,7H2/t10-,13-/m0/s1. The van der Waals surface area contributed by atoms with Gasteiger partial charge in [0.1, 0.15) is 11.9 Å². The third-order valence-electron chi connectivity index (χ3n) is 3.32. The van der Waals surface area contributed by atoms with Gasteiger partial charge in [-0.25, -0.2) is 0 Å². The second kappa shape index (κ2) is 3.90. The zero-order valence-corrected chi connectivity index (χ0v) is 10.5. The highest BCUT2D eigenvalue weighted by Crippen LogP contribution is 2.42. The molecule has 2 heterocycles. The van der Waals surface area contributed by atoms with Gasteiger partial charge >= 0.3 is 0 Å². The van der Waals surface area contributed by atoms with Crippen LogP contribution in [0.5, 0.6) is 5.75 Å². The van der Waals surface area contributed by atoms with Crippen molar-refractivity contribution in [2.75, 3.05) is 13.2 Å². The topological polar surface area (TPSA) is 18.5 Å². The molecule has 84 valence electrons. The number of hydrogen-bond donors (Lipinski definition) is 0. The number of benzene rings is 1. The van der Waals surface area contributed by atoms with Crippen LogP contribution in [0.4, 0.5) is 0 Å². The minimum absolute atomic E-state index is 0.148. The van der Waals surface area contributed by atoms with Gasteiger partial charge in [0, 0.05) is 22.6 Å². The van der Waals surface area contributed by atoms with Gasteiger partial charge in [0.05, 0.1) is 6.61 Å². The smallest absolute Gasteiger partial charge is 0.129 e. The first kappa shape index (κ1) is 10.4. The Kier molecular flexibility index (Phi) is 2.52. The Labute approximate surface area is 103 Å². The Bertz CT molecular complexity index is 442. The summed E-state index contributed by atoms with van der Waals surface area (Å²) < 4.78 is 12.5. The maximum atomic E-state index is 5.95. The Hall–Kier alpha value is -0.800. The van der Waals surface area contributed by atoms with E-state index in [9.17, 15) is 0 Å². The second-order valence-electron chi connectivity index (χ2n) is 4.29. The van der Waals surface area contributed by atoms with Crippen LogP contribution in [0.25, 0.3) is 5.57 Å². The minimum Gasteiger partial charge on any atom is -0.487 e. The van der Waals surface area contributed by atoms with Crippen LogP contribution in [-0.2, 0) is 4.74 Å². The fraction of sp³-hybridized carbons (Fsp3) is 0.385. The highest BCUT2D eigenvalue weighted by atomic mass is 79.9. The zero-order valence-electron chi connectivity index (χ0n) is 8.91. The van der Waals surface area contributed by atoms with Gasteiger partial charge in [-0.05, 0) is 30.2 Å². The van der Waals surface area contributed by atoms with Crippen LogP contribution in [0.1, 0.15) is 12.0 Å². The van der Waals surface area contributed by atoms with Crippen LogP contribution in [0.15, 0.2) is 29.3 Å². The van der Waals surface area contributed by atoms with E-state index < -0.39 is 0 Å². The van der Waals surface area contributed by atoms with Gasteiger partial charge in [0.25, 0.3) is 0 Å². The summed E-state index contributed by atoms with van der Waals surface area (Å²) in [5, 5.41) is 0. The summed E-state index contributed by atoms with van der Waals surface area (Å²) in [6.07, 6.45) is 1.16. The highest BCUT2D eigenvalue weighted by molar-refractivity contribution is 9.10. The first-order valence-corrected chi connectivity index (χ1v) is 6.28. The molecule has 0 saturated carbocycles. The summed E-state index contributed by atoms with van der Waals surface area (Å²) in [6, 6.07) is 6.08. The molecule has 0 aliphatic carbocycles. The molecule has 0 bridgehead atoms. The lowest BCUT2D eigenvalue weighted by Crippen LogP contribution is -2.40. The SMILES string of the molecule is C=C1c2cc(Br)ccc2O[C@H]2COCC[C@@H]12. The van der Waals surface area contributed by atoms with Crippen molar-refractivity contribution in [3.8, 4) is 5.75 Å². The van der Waals surface area contributed by atoms with Crippen LogP contribution in [-0.4, -0.2) is 19.3 Å². The molecule has 16 heavy (non-hydrogen) atoms. The van der Waals surface area contributed by atoms with Crippen LogP contribution >= 0.6 is 15.9 Å². The Morgan fingerprint density at radius 3 is 3.12 bits per heavy atom. The van der Waals surface area contributed by atoms with E-state index in [4.69, 9.17) is 9.47 Å². The van der Waals surface area contributed by atoms with Crippen LogP contribution in [0.3, 0.4) is 0 Å². The van der Waals surface area contributed by atoms with Crippen molar-refractivity contribution >= 4 is 21.5 Å². The van der Waals surface area contributed by atoms with E-state index in [1.54, 1.807) is 0 Å². The maximum absolute atomic E-state index is 5.95. The molecule has 2 aliphatic heterocycles. The second-order valence-corrected chi connectivity index (χ2v) is 5.21. The number of fused-ring (bicyclic) bond motifs is 2. The molecule has 0 aromatic heterocycles. The molecule has 2 nitrogen and oxygen atoms in total. The largest absolute Gasteiger partial charge is 0.487 e. The molecule has 1 fully saturated rings. The molecule has 0 N–H and O–H groups in total. The molecule has 1 saturated heterocycles. The third kappa shape index (κ3) is 1.59. The number of hydrogen-bond acceptors (Lipinski definition) is 2. The Morgan fingerprint density at radius 2 is 2.25 bits per heavy atom. The van der Waals surface area contributed by atoms with Crippen LogP contribution < -0.4 is 4.74 Å². The summed E-state index contributed by atoms with van der Waals surface area (Å²) in [4.78, 5) is 0. The Morgan fingerprint density at radius 1 is 1.38 bits per heavy atom. The molecule has 3 heteroatoms. The van der Waals surface area contributed by atoms with Gasteiger partial charge in [-0.1, -0.05) is 22.5 Å². The van der Waals surface area contributed by atoms with Crippen LogP contribution in [0, 0.1) is 5.92 Å². The average molecular weight is 281 g/mol. The predicted octanol–water partition coefficient (Wildman–Crippen LogP) is 3.26. The van der Waals surface area contributed by atoms with Gasteiger partial charge in [-0.2, -0.15) is 0 Å². The van der Waals surface area contributed by atoms with Gasteiger partial charge < -0.3 is 9.47 Å². The van der Waals surface area contributed by atoms with Crippen molar-refractivity contribution in [2.24, 2.45) is 5.92 Å². The molecule has 2 aliphatic rings. The Balaban J connectivity index is 2.03. The lowest BCUT2D eigenvalue weighted by Gasteiger charge is -2.38. The molecule has 1 aromatic rings. The van der Waals surface area contributed by atoms with Crippen molar-refractivity contribution in [2.45, 2.75) is 12.5 Å². The van der Waals surface area contributed by atoms with Gasteiger partial charge in [-0.3, -0.25) is 0 Å². The molecule has 1 aromatic carbocycles. The molecule has 2 atom stereocenters. The summed E-state index contributed by atoms with van der Waals surface area (Å²) in [5.74, 6) is 1.34. The third-order valence-corrected chi connectivity index (χ3v) is 3.81. The minimum atomic E-state index is 0.148. The van der Waals surface area contributed by atoms with E-state index >= 15 is 0 Å². The molecule has 0 radical (unpaired) electrons. The number of halogens is 1. The van der Waals surface area contributed by atoms with E-state index in [1.165, 1.54) is 5.57 Å². The van der Waals surface area contributed by atoms with Gasteiger partial charge in [0.2, 0.25) is 0 Å². The van der Waals surface area contributed by atoms with Gasteiger partial charge in [0.15, 0.2) is 0 Å². The monoisotopic (exact) mass is 280 g/mol. The van der Waals surface area contributed by atoms with E-state index in [-0.39, 0.29) is 6.10 Å². The predicted molar refractivity (Wildman–Crippen MR) is 66.5 cm³/mol. The normalized spacial score (nSPS) is 27.9. The maximum Gasteiger partial charge on any atom is 0.129 e. The molecular weight excluding hydrogens is 268 g/mol. The van der Waals surface area contributed by atoms with E-state index in [1.807, 2.05) is 12.1 Å². The lowest BCUT2D eigenvalue weighted by atomic mass is 9.83. The van der Waals surface area contributed by atoms with Crippen molar-refractivity contribution in [3.63, 3.8) is 0 Å². The van der Waals surface area contributed by atoms with Crippen molar-refractivity contribution in [3.05, 3.63) is 34.8 Å². The summed E-state index contributed by atoms with van der Waals surface area (Å²) in [7, 11) is 0. The summed E-state index contributed by atoms with van der Waals surface area (Å²) in [5.41, 5.74) is 2.33. The zero-order chi connectivity index (χ0) is 11.1.